The molecule has 0 aliphatic rings. The Morgan fingerprint density at radius 1 is 1.82 bits per heavy atom. The smallest absolute Gasteiger partial charge is 0.186 e. The van der Waals surface area contributed by atoms with Gasteiger partial charge in [0.15, 0.2) is 5.16 Å². The third kappa shape index (κ3) is 2.20. The Bertz CT molecular complexity index is 222. The van der Waals surface area contributed by atoms with Crippen LogP contribution in [0.25, 0.3) is 0 Å². The molecule has 0 spiro atoms. The number of thioether (sulfide) groups is 1. The van der Waals surface area contributed by atoms with Crippen molar-refractivity contribution in [3.63, 3.8) is 0 Å². The van der Waals surface area contributed by atoms with Gasteiger partial charge in [0, 0.05) is 18.8 Å². The molecule has 1 aromatic rings. The Morgan fingerprint density at radius 3 is 3.00 bits per heavy atom. The molecule has 0 amide bonds. The lowest BCUT2D eigenvalue weighted by atomic mass is 10.5. The first-order valence-electron chi connectivity index (χ1n) is 3.44. The van der Waals surface area contributed by atoms with Gasteiger partial charge in [0.25, 0.3) is 0 Å². The molecule has 2 N–H and O–H groups in total. The molecule has 4 nitrogen and oxygen atoms in total. The number of hydrogen-bond acceptors (Lipinski definition) is 4. The summed E-state index contributed by atoms with van der Waals surface area (Å²) in [5.41, 5.74) is 5.46. The van der Waals surface area contributed by atoms with E-state index >= 15 is 0 Å². The Hall–Kier alpha value is -0.550. The van der Waals surface area contributed by atoms with Gasteiger partial charge < -0.3 is 5.73 Å². The molecule has 62 valence electrons. The van der Waals surface area contributed by atoms with E-state index in [9.17, 15) is 0 Å². The van der Waals surface area contributed by atoms with E-state index in [1.54, 1.807) is 22.8 Å². The quantitative estimate of drug-likeness (QED) is 0.664. The average molecular weight is 172 g/mol. The first kappa shape index (κ1) is 8.55. The maximum atomic E-state index is 5.46. The minimum atomic E-state index is 0.401. The lowest BCUT2D eigenvalue weighted by Gasteiger charge is -2.05. The first-order chi connectivity index (χ1) is 5.24. The van der Waals surface area contributed by atoms with Gasteiger partial charge in [0.1, 0.15) is 6.33 Å². The van der Waals surface area contributed by atoms with E-state index in [2.05, 4.69) is 17.0 Å². The topological polar surface area (TPSA) is 56.7 Å². The van der Waals surface area contributed by atoms with Gasteiger partial charge in [-0.1, -0.05) is 18.7 Å². The lowest BCUT2D eigenvalue weighted by molar-refractivity contribution is 0.683. The summed E-state index contributed by atoms with van der Waals surface area (Å²) in [6.07, 6.45) is 1.55. The standard InChI is InChI=1S/C6H12N4S/c1-5(3-7)11-6-8-4-9-10(6)2/h4-5H,3,7H2,1-2H3. The second-order valence-corrected chi connectivity index (χ2v) is 3.74. The number of aryl methyl sites for hydroxylation is 1. The van der Waals surface area contributed by atoms with Gasteiger partial charge in [-0.25, -0.2) is 9.67 Å². The molecule has 0 fully saturated rings. The van der Waals surface area contributed by atoms with Crippen molar-refractivity contribution in [2.24, 2.45) is 12.8 Å². The fraction of sp³-hybridized carbons (Fsp3) is 0.667. The second-order valence-electron chi connectivity index (χ2n) is 2.33. The van der Waals surface area contributed by atoms with Crippen LogP contribution in [-0.2, 0) is 7.05 Å². The zero-order valence-electron chi connectivity index (χ0n) is 6.69. The zero-order valence-corrected chi connectivity index (χ0v) is 7.51. The first-order valence-corrected chi connectivity index (χ1v) is 4.32. The summed E-state index contributed by atoms with van der Waals surface area (Å²) in [6.45, 7) is 2.73. The van der Waals surface area contributed by atoms with Gasteiger partial charge in [0.05, 0.1) is 0 Å². The van der Waals surface area contributed by atoms with Crippen LogP contribution in [0.2, 0.25) is 0 Å². The Labute approximate surface area is 70.2 Å². The molecule has 0 saturated heterocycles. The van der Waals surface area contributed by atoms with Gasteiger partial charge >= 0.3 is 0 Å². The Morgan fingerprint density at radius 2 is 2.55 bits per heavy atom. The fourth-order valence-corrected chi connectivity index (χ4v) is 1.38. The highest BCUT2D eigenvalue weighted by Gasteiger charge is 2.05. The van der Waals surface area contributed by atoms with E-state index in [-0.39, 0.29) is 0 Å². The maximum absolute atomic E-state index is 5.46. The van der Waals surface area contributed by atoms with Crippen molar-refractivity contribution < 1.29 is 0 Å². The third-order valence-corrected chi connectivity index (χ3v) is 2.48. The van der Waals surface area contributed by atoms with E-state index in [0.717, 1.165) is 5.16 Å². The van der Waals surface area contributed by atoms with Crippen molar-refractivity contribution in [3.05, 3.63) is 6.33 Å². The number of aromatic nitrogens is 3. The molecule has 5 heteroatoms. The van der Waals surface area contributed by atoms with Gasteiger partial charge in [-0.15, -0.1) is 0 Å². The van der Waals surface area contributed by atoms with Crippen molar-refractivity contribution in [2.45, 2.75) is 17.3 Å². The number of nitrogens with two attached hydrogens (primary N) is 1. The van der Waals surface area contributed by atoms with Crippen LogP contribution >= 0.6 is 11.8 Å². The van der Waals surface area contributed by atoms with E-state index < -0.39 is 0 Å². The third-order valence-electron chi connectivity index (χ3n) is 1.31. The van der Waals surface area contributed by atoms with E-state index in [0.29, 0.717) is 11.8 Å². The highest BCUT2D eigenvalue weighted by molar-refractivity contribution is 7.99. The van der Waals surface area contributed by atoms with Crippen molar-refractivity contribution in [2.75, 3.05) is 6.54 Å². The predicted molar refractivity (Wildman–Crippen MR) is 45.4 cm³/mol. The zero-order chi connectivity index (χ0) is 8.27. The molecule has 0 bridgehead atoms. The summed E-state index contributed by atoms with van der Waals surface area (Å²) in [4.78, 5) is 4.06. The van der Waals surface area contributed by atoms with Gasteiger partial charge in [-0.3, -0.25) is 0 Å². The average Bonchev–Trinajstić information content (AvgIpc) is 2.37. The molecule has 0 aliphatic heterocycles. The van der Waals surface area contributed by atoms with Crippen LogP contribution in [0.5, 0.6) is 0 Å². The van der Waals surface area contributed by atoms with Gasteiger partial charge in [0.2, 0.25) is 0 Å². The molecule has 0 radical (unpaired) electrons. The summed E-state index contributed by atoms with van der Waals surface area (Å²) in [5.74, 6) is 0. The van der Waals surface area contributed by atoms with Crippen LogP contribution in [0.15, 0.2) is 11.5 Å². The molecule has 0 aromatic carbocycles. The molecule has 1 atom stereocenters. The summed E-state index contributed by atoms with van der Waals surface area (Å²) in [6, 6.07) is 0. The SMILES string of the molecule is CC(CN)Sc1ncnn1C. The molecule has 1 unspecified atom stereocenters. The van der Waals surface area contributed by atoms with Crippen LogP contribution in [0.4, 0.5) is 0 Å². The molecule has 11 heavy (non-hydrogen) atoms. The van der Waals surface area contributed by atoms with Crippen LogP contribution in [-0.4, -0.2) is 26.6 Å². The molecule has 0 saturated carbocycles. The summed E-state index contributed by atoms with van der Waals surface area (Å²) in [7, 11) is 1.87. The molecular formula is C6H12N4S. The normalized spacial score (nSPS) is 13.4. The van der Waals surface area contributed by atoms with E-state index in [1.807, 2.05) is 7.05 Å². The monoisotopic (exact) mass is 172 g/mol. The summed E-state index contributed by atoms with van der Waals surface area (Å²) < 4.78 is 1.75. The second kappa shape index (κ2) is 3.73. The van der Waals surface area contributed by atoms with Crippen molar-refractivity contribution in [1.29, 1.82) is 0 Å². The van der Waals surface area contributed by atoms with Crippen molar-refractivity contribution >= 4 is 11.8 Å². The molecular weight excluding hydrogens is 160 g/mol. The highest BCUT2D eigenvalue weighted by atomic mass is 32.2. The maximum Gasteiger partial charge on any atom is 0.186 e. The number of nitrogens with zero attached hydrogens (tertiary/aromatic N) is 3. The lowest BCUT2D eigenvalue weighted by Crippen LogP contribution is -2.13. The Balaban J connectivity index is 2.56. The van der Waals surface area contributed by atoms with Gasteiger partial charge in [-0.05, 0) is 0 Å². The van der Waals surface area contributed by atoms with Crippen molar-refractivity contribution in [3.8, 4) is 0 Å². The minimum absolute atomic E-state index is 0.401. The highest BCUT2D eigenvalue weighted by Crippen LogP contribution is 2.18. The van der Waals surface area contributed by atoms with E-state index in [4.69, 9.17) is 5.73 Å². The van der Waals surface area contributed by atoms with Crippen LogP contribution in [0.1, 0.15) is 6.92 Å². The Kier molecular flexibility index (Phi) is 2.90. The van der Waals surface area contributed by atoms with Crippen LogP contribution in [0.3, 0.4) is 0 Å². The largest absolute Gasteiger partial charge is 0.329 e. The van der Waals surface area contributed by atoms with E-state index in [1.165, 1.54) is 0 Å². The molecule has 1 rings (SSSR count). The van der Waals surface area contributed by atoms with Gasteiger partial charge in [-0.2, -0.15) is 5.10 Å². The molecule has 1 aromatic heterocycles. The van der Waals surface area contributed by atoms with Crippen LogP contribution < -0.4 is 5.73 Å². The number of hydrogen-bond donors (Lipinski definition) is 1. The fourth-order valence-electron chi connectivity index (χ4n) is 0.620. The predicted octanol–water partition coefficient (Wildman–Crippen LogP) is 0.254. The molecule has 0 aliphatic carbocycles. The number of rotatable bonds is 3. The molecule has 1 heterocycles. The van der Waals surface area contributed by atoms with Crippen LogP contribution in [0, 0.1) is 0 Å². The summed E-state index contributed by atoms with van der Waals surface area (Å²) >= 11 is 1.64. The summed E-state index contributed by atoms with van der Waals surface area (Å²) in [5, 5.41) is 5.27. The minimum Gasteiger partial charge on any atom is -0.329 e. The van der Waals surface area contributed by atoms with Crippen molar-refractivity contribution in [1.82, 2.24) is 14.8 Å².